The SMILES string of the molecule is C1CCC1.C1CCC1.C1CCC1.CC. The molecular formula is C14H30. The molecule has 0 aromatic rings. The van der Waals surface area contributed by atoms with E-state index in [0.717, 1.165) is 0 Å². The van der Waals surface area contributed by atoms with Gasteiger partial charge < -0.3 is 0 Å². The molecule has 0 spiro atoms. The van der Waals surface area contributed by atoms with E-state index in [1.54, 1.807) is 0 Å². The first-order valence-corrected chi connectivity index (χ1v) is 7.00. The van der Waals surface area contributed by atoms with Crippen LogP contribution in [0.15, 0.2) is 0 Å². The van der Waals surface area contributed by atoms with Gasteiger partial charge in [-0.3, -0.25) is 0 Å². The van der Waals surface area contributed by atoms with Crippen molar-refractivity contribution in [2.75, 3.05) is 0 Å². The fourth-order valence-corrected chi connectivity index (χ4v) is 0.750. The Morgan fingerprint density at radius 1 is 0.286 bits per heavy atom. The molecule has 0 heteroatoms. The van der Waals surface area contributed by atoms with Gasteiger partial charge in [0, 0.05) is 0 Å². The highest BCUT2D eigenvalue weighted by Crippen LogP contribution is 2.15. The molecular weight excluding hydrogens is 168 g/mol. The maximum absolute atomic E-state index is 2.00. The average molecular weight is 198 g/mol. The Hall–Kier alpha value is 0. The lowest BCUT2D eigenvalue weighted by Gasteiger charge is -2.05. The molecule has 0 bridgehead atoms. The summed E-state index contributed by atoms with van der Waals surface area (Å²) in [7, 11) is 0. The molecule has 0 aromatic carbocycles. The zero-order valence-corrected chi connectivity index (χ0v) is 10.5. The van der Waals surface area contributed by atoms with Gasteiger partial charge in [-0.25, -0.2) is 0 Å². The molecule has 0 N–H and O–H groups in total. The Kier molecular flexibility index (Phi) is 13.0. The van der Waals surface area contributed by atoms with Crippen LogP contribution in [-0.4, -0.2) is 0 Å². The number of hydrogen-bond acceptors (Lipinski definition) is 0. The summed E-state index contributed by atoms with van der Waals surface area (Å²) >= 11 is 0. The van der Waals surface area contributed by atoms with E-state index < -0.39 is 0 Å². The van der Waals surface area contributed by atoms with Gasteiger partial charge in [0.2, 0.25) is 0 Å². The zero-order chi connectivity index (χ0) is 10.5. The third-order valence-corrected chi connectivity index (χ3v) is 3.00. The first-order valence-electron chi connectivity index (χ1n) is 7.00. The third-order valence-electron chi connectivity index (χ3n) is 3.00. The van der Waals surface area contributed by atoms with E-state index in [2.05, 4.69) is 0 Å². The molecule has 3 fully saturated rings. The van der Waals surface area contributed by atoms with Gasteiger partial charge in [0.25, 0.3) is 0 Å². The quantitative estimate of drug-likeness (QED) is 0.468. The van der Waals surface area contributed by atoms with Gasteiger partial charge in [-0.2, -0.15) is 0 Å². The number of rotatable bonds is 0. The Morgan fingerprint density at radius 2 is 0.357 bits per heavy atom. The van der Waals surface area contributed by atoms with E-state index in [1.807, 2.05) is 13.8 Å². The fraction of sp³-hybridized carbons (Fsp3) is 1.00. The minimum absolute atomic E-state index is 1.50. The Morgan fingerprint density at radius 3 is 0.357 bits per heavy atom. The normalized spacial score (nSPS) is 21.0. The maximum Gasteiger partial charge on any atom is -0.0533 e. The molecule has 3 aliphatic rings. The van der Waals surface area contributed by atoms with Crippen molar-refractivity contribution in [2.45, 2.75) is 90.9 Å². The van der Waals surface area contributed by atoms with Gasteiger partial charge in [-0.1, -0.05) is 90.9 Å². The lowest BCUT2D eigenvalue weighted by molar-refractivity contribution is 0.504. The van der Waals surface area contributed by atoms with Crippen molar-refractivity contribution < 1.29 is 0 Å². The van der Waals surface area contributed by atoms with Gasteiger partial charge >= 0.3 is 0 Å². The zero-order valence-electron chi connectivity index (χ0n) is 10.5. The van der Waals surface area contributed by atoms with Crippen molar-refractivity contribution >= 4 is 0 Å². The van der Waals surface area contributed by atoms with E-state index in [9.17, 15) is 0 Å². The van der Waals surface area contributed by atoms with Crippen molar-refractivity contribution in [2.24, 2.45) is 0 Å². The van der Waals surface area contributed by atoms with Gasteiger partial charge in [0.15, 0.2) is 0 Å². The standard InChI is InChI=1S/3C4H8.C2H6/c3*1-2-4-3-1;1-2/h3*1-4H2;1-2H3. The van der Waals surface area contributed by atoms with Crippen molar-refractivity contribution in [1.29, 1.82) is 0 Å². The molecule has 14 heavy (non-hydrogen) atoms. The highest BCUT2D eigenvalue weighted by atomic mass is 14.0. The summed E-state index contributed by atoms with van der Waals surface area (Å²) in [5, 5.41) is 0. The molecule has 0 unspecified atom stereocenters. The molecule has 0 atom stereocenters. The molecule has 86 valence electrons. The van der Waals surface area contributed by atoms with E-state index in [1.165, 1.54) is 77.0 Å². The Bertz CT molecular complexity index is 43.0. The molecule has 3 saturated carbocycles. The molecule has 0 saturated heterocycles. The summed E-state index contributed by atoms with van der Waals surface area (Å²) in [5.74, 6) is 0. The van der Waals surface area contributed by atoms with Crippen molar-refractivity contribution in [3.63, 3.8) is 0 Å². The first-order chi connectivity index (χ1) is 7.00. The lowest BCUT2D eigenvalue weighted by atomic mass is 10.0. The van der Waals surface area contributed by atoms with E-state index >= 15 is 0 Å². The highest BCUT2D eigenvalue weighted by Gasteiger charge is 1.96. The topological polar surface area (TPSA) is 0 Å². The van der Waals surface area contributed by atoms with E-state index in [4.69, 9.17) is 0 Å². The summed E-state index contributed by atoms with van der Waals surface area (Å²) in [6.45, 7) is 4.00. The van der Waals surface area contributed by atoms with Crippen LogP contribution in [0, 0.1) is 0 Å². The van der Waals surface area contributed by atoms with Gasteiger partial charge in [-0.15, -0.1) is 0 Å². The second-order valence-corrected chi connectivity index (χ2v) is 4.24. The Balaban J connectivity index is 0.000000167. The minimum Gasteiger partial charge on any atom is -0.0683 e. The molecule has 0 aromatic heterocycles. The molecule has 0 radical (unpaired) electrons. The fourth-order valence-electron chi connectivity index (χ4n) is 0.750. The van der Waals surface area contributed by atoms with Gasteiger partial charge in [0.05, 0.1) is 0 Å². The first kappa shape index (κ1) is 14.0. The summed E-state index contributed by atoms with van der Waals surface area (Å²) < 4.78 is 0. The highest BCUT2D eigenvalue weighted by molar-refractivity contribution is 4.51. The van der Waals surface area contributed by atoms with Crippen LogP contribution in [0.3, 0.4) is 0 Å². The summed E-state index contributed by atoms with van der Waals surface area (Å²) in [5.41, 5.74) is 0. The van der Waals surface area contributed by atoms with Crippen LogP contribution < -0.4 is 0 Å². The van der Waals surface area contributed by atoms with E-state index in [0.29, 0.717) is 0 Å². The van der Waals surface area contributed by atoms with Crippen molar-refractivity contribution in [3.8, 4) is 0 Å². The molecule has 3 aliphatic carbocycles. The van der Waals surface area contributed by atoms with Crippen molar-refractivity contribution in [3.05, 3.63) is 0 Å². The minimum atomic E-state index is 1.50. The van der Waals surface area contributed by atoms with Crippen LogP contribution in [0.4, 0.5) is 0 Å². The molecule has 0 heterocycles. The third kappa shape index (κ3) is 10.1. The smallest absolute Gasteiger partial charge is 0.0533 e. The predicted octanol–water partition coefficient (Wildman–Crippen LogP) is 5.71. The summed E-state index contributed by atoms with van der Waals surface area (Å²) in [6, 6.07) is 0. The Labute approximate surface area is 91.5 Å². The average Bonchev–Trinajstić information content (AvgIpc) is 1.77. The molecule has 0 nitrogen and oxygen atoms in total. The number of hydrogen-bond donors (Lipinski definition) is 0. The van der Waals surface area contributed by atoms with Crippen LogP contribution >= 0.6 is 0 Å². The van der Waals surface area contributed by atoms with Crippen LogP contribution in [0.2, 0.25) is 0 Å². The van der Waals surface area contributed by atoms with Gasteiger partial charge in [0.1, 0.15) is 0 Å². The van der Waals surface area contributed by atoms with Crippen LogP contribution in [0.5, 0.6) is 0 Å². The van der Waals surface area contributed by atoms with Crippen LogP contribution in [0.1, 0.15) is 90.9 Å². The largest absolute Gasteiger partial charge is 0.0683 e. The molecule has 0 aliphatic heterocycles. The van der Waals surface area contributed by atoms with Gasteiger partial charge in [-0.05, 0) is 0 Å². The summed E-state index contributed by atoms with van der Waals surface area (Å²) in [4.78, 5) is 0. The van der Waals surface area contributed by atoms with E-state index in [-0.39, 0.29) is 0 Å². The molecule has 0 amide bonds. The second-order valence-electron chi connectivity index (χ2n) is 4.24. The maximum atomic E-state index is 2.00. The molecule has 3 rings (SSSR count). The van der Waals surface area contributed by atoms with Crippen molar-refractivity contribution in [1.82, 2.24) is 0 Å². The van der Waals surface area contributed by atoms with Crippen LogP contribution in [-0.2, 0) is 0 Å². The van der Waals surface area contributed by atoms with Crippen LogP contribution in [0.25, 0.3) is 0 Å². The summed E-state index contributed by atoms with van der Waals surface area (Å²) in [6.07, 6.45) is 18.0. The predicted molar refractivity (Wildman–Crippen MR) is 66.8 cm³/mol. The second kappa shape index (κ2) is 13.0. The monoisotopic (exact) mass is 198 g/mol. The lowest BCUT2D eigenvalue weighted by Crippen LogP contribution is -1.85.